The molecule has 0 saturated carbocycles. The van der Waals surface area contributed by atoms with Gasteiger partial charge in [0.25, 0.3) is 5.91 Å². The molecule has 14 heavy (non-hydrogen) atoms. The van der Waals surface area contributed by atoms with Crippen LogP contribution in [-0.2, 0) is 11.3 Å². The minimum Gasteiger partial charge on any atom is -0.545 e. The first-order valence-corrected chi connectivity index (χ1v) is 4.47. The molecular weight excluding hydrogens is 252 g/mol. The van der Waals surface area contributed by atoms with Crippen molar-refractivity contribution in [2.75, 3.05) is 0 Å². The lowest BCUT2D eigenvalue weighted by Crippen LogP contribution is -2.41. The summed E-state index contributed by atoms with van der Waals surface area (Å²) in [4.78, 5) is 21.1. The zero-order chi connectivity index (χ0) is 10.7. The van der Waals surface area contributed by atoms with Crippen molar-refractivity contribution >= 4 is 27.8 Å². The largest absolute Gasteiger partial charge is 0.545 e. The van der Waals surface area contributed by atoms with Crippen molar-refractivity contribution < 1.29 is 19.3 Å². The molecule has 0 atom stereocenters. The van der Waals surface area contributed by atoms with Gasteiger partial charge in [-0.2, -0.15) is 4.57 Å². The summed E-state index contributed by atoms with van der Waals surface area (Å²) < 4.78 is 1.91. The molecule has 0 radical (unpaired) electrons. The number of hydrogen-bond donors (Lipinski definition) is 1. The molecule has 0 unspecified atom stereocenters. The van der Waals surface area contributed by atoms with E-state index in [0.717, 1.165) is 0 Å². The van der Waals surface area contributed by atoms with E-state index in [-0.39, 0.29) is 12.1 Å². The quantitative estimate of drug-likeness (QED) is 0.676. The van der Waals surface area contributed by atoms with Gasteiger partial charge in [-0.25, -0.2) is 0 Å². The van der Waals surface area contributed by atoms with E-state index >= 15 is 0 Å². The van der Waals surface area contributed by atoms with Crippen molar-refractivity contribution in [1.82, 2.24) is 0 Å². The van der Waals surface area contributed by atoms with Crippen LogP contribution in [0.1, 0.15) is 10.4 Å². The van der Waals surface area contributed by atoms with E-state index < -0.39 is 11.9 Å². The number of aromatic carboxylic acids is 1. The summed E-state index contributed by atoms with van der Waals surface area (Å²) in [5.41, 5.74) is 4.95. The third-order valence-electron chi connectivity index (χ3n) is 1.46. The smallest absolute Gasteiger partial charge is 0.283 e. The summed E-state index contributed by atoms with van der Waals surface area (Å²) in [6.45, 7) is -0.0697. The average molecular weight is 259 g/mol. The number of aromatic nitrogens is 1. The monoisotopic (exact) mass is 258 g/mol. The standard InChI is InChI=1S/C8H7BrN2O3/c9-6-1-5(8(13)14)2-11(3-6)4-7(10)12/h1-3H,4H2,(H2-,10,12,13,14). The van der Waals surface area contributed by atoms with E-state index in [1.165, 1.54) is 16.8 Å². The van der Waals surface area contributed by atoms with Crippen molar-refractivity contribution in [3.63, 3.8) is 0 Å². The Morgan fingerprint density at radius 1 is 1.50 bits per heavy atom. The molecule has 1 aromatic rings. The molecule has 0 bridgehead atoms. The summed E-state index contributed by atoms with van der Waals surface area (Å²) >= 11 is 3.11. The van der Waals surface area contributed by atoms with Crippen LogP contribution in [0.5, 0.6) is 0 Å². The number of carbonyl (C=O) groups is 2. The summed E-state index contributed by atoms with van der Waals surface area (Å²) in [7, 11) is 0. The lowest BCUT2D eigenvalue weighted by atomic mass is 10.3. The Kier molecular flexibility index (Phi) is 3.19. The number of hydrogen-bond acceptors (Lipinski definition) is 3. The summed E-state index contributed by atoms with van der Waals surface area (Å²) in [6, 6.07) is 1.38. The van der Waals surface area contributed by atoms with Gasteiger partial charge in [-0.3, -0.25) is 4.79 Å². The zero-order valence-electron chi connectivity index (χ0n) is 7.07. The maximum atomic E-state index is 10.6. The van der Waals surface area contributed by atoms with Crippen LogP contribution in [0.3, 0.4) is 0 Å². The molecule has 0 aliphatic heterocycles. The van der Waals surface area contributed by atoms with E-state index in [2.05, 4.69) is 15.9 Å². The van der Waals surface area contributed by atoms with Crippen LogP contribution in [0.15, 0.2) is 22.9 Å². The highest BCUT2D eigenvalue weighted by Crippen LogP contribution is 2.07. The minimum absolute atomic E-state index is 0.0133. The van der Waals surface area contributed by atoms with Crippen LogP contribution >= 0.6 is 15.9 Å². The molecule has 74 valence electrons. The number of primary amides is 1. The first-order valence-electron chi connectivity index (χ1n) is 3.68. The van der Waals surface area contributed by atoms with Crippen molar-refractivity contribution in [2.45, 2.75) is 6.54 Å². The number of pyridine rings is 1. The predicted octanol–water partition coefficient (Wildman–Crippen LogP) is -1.41. The van der Waals surface area contributed by atoms with E-state index in [1.54, 1.807) is 6.20 Å². The lowest BCUT2D eigenvalue weighted by Gasteiger charge is -2.01. The molecule has 0 aromatic carbocycles. The second-order valence-electron chi connectivity index (χ2n) is 2.67. The Morgan fingerprint density at radius 2 is 2.14 bits per heavy atom. The van der Waals surface area contributed by atoms with Gasteiger partial charge in [0.2, 0.25) is 6.54 Å². The van der Waals surface area contributed by atoms with Gasteiger partial charge in [-0.1, -0.05) is 0 Å². The number of carboxylic acids is 1. The number of carboxylic acid groups (broad SMARTS) is 1. The second kappa shape index (κ2) is 4.19. The topological polar surface area (TPSA) is 87.1 Å². The average Bonchev–Trinajstić information content (AvgIpc) is 2.01. The number of nitrogens with zero attached hydrogens (tertiary/aromatic N) is 1. The van der Waals surface area contributed by atoms with Crippen LogP contribution in [-0.4, -0.2) is 11.9 Å². The molecule has 1 amide bonds. The van der Waals surface area contributed by atoms with Gasteiger partial charge in [0.15, 0.2) is 12.4 Å². The number of amides is 1. The maximum Gasteiger partial charge on any atom is 0.283 e. The number of nitrogens with two attached hydrogens (primary N) is 1. The molecule has 0 aliphatic rings. The van der Waals surface area contributed by atoms with Gasteiger partial charge < -0.3 is 15.6 Å². The Hall–Kier alpha value is -1.43. The van der Waals surface area contributed by atoms with E-state index in [0.29, 0.717) is 4.47 Å². The molecule has 0 aliphatic carbocycles. The number of rotatable bonds is 3. The highest BCUT2D eigenvalue weighted by Gasteiger charge is 2.09. The summed E-state index contributed by atoms with van der Waals surface area (Å²) in [5.74, 6) is -1.85. The molecule has 2 N–H and O–H groups in total. The fourth-order valence-electron chi connectivity index (χ4n) is 0.980. The van der Waals surface area contributed by atoms with Gasteiger partial charge in [0.05, 0.1) is 16.0 Å². The number of halogens is 1. The molecule has 5 nitrogen and oxygen atoms in total. The Morgan fingerprint density at radius 3 is 2.64 bits per heavy atom. The van der Waals surface area contributed by atoms with Crippen molar-refractivity contribution in [3.05, 3.63) is 28.5 Å². The SMILES string of the molecule is NC(=O)C[n+]1cc(Br)cc(C(=O)[O-])c1. The normalized spacial score (nSPS) is 9.79. The third-order valence-corrected chi connectivity index (χ3v) is 1.90. The fourth-order valence-corrected chi connectivity index (χ4v) is 1.49. The third kappa shape index (κ3) is 2.81. The van der Waals surface area contributed by atoms with Crippen molar-refractivity contribution in [3.8, 4) is 0 Å². The predicted molar refractivity (Wildman–Crippen MR) is 47.9 cm³/mol. The molecule has 0 saturated heterocycles. The first kappa shape index (κ1) is 10.6. The highest BCUT2D eigenvalue weighted by molar-refractivity contribution is 9.10. The lowest BCUT2D eigenvalue weighted by molar-refractivity contribution is -0.685. The summed E-state index contributed by atoms with van der Waals surface area (Å²) in [5, 5.41) is 10.5. The van der Waals surface area contributed by atoms with Crippen LogP contribution in [0.2, 0.25) is 0 Å². The minimum atomic E-state index is -1.30. The fraction of sp³-hybridized carbons (Fsp3) is 0.125. The molecule has 6 heteroatoms. The van der Waals surface area contributed by atoms with Gasteiger partial charge in [0.1, 0.15) is 0 Å². The highest BCUT2D eigenvalue weighted by atomic mass is 79.9. The molecule has 1 rings (SSSR count). The molecule has 0 fully saturated rings. The van der Waals surface area contributed by atoms with Crippen LogP contribution in [0.4, 0.5) is 0 Å². The van der Waals surface area contributed by atoms with E-state index in [9.17, 15) is 14.7 Å². The van der Waals surface area contributed by atoms with E-state index in [1.807, 2.05) is 0 Å². The van der Waals surface area contributed by atoms with Crippen LogP contribution < -0.4 is 15.4 Å². The van der Waals surface area contributed by atoms with Gasteiger partial charge >= 0.3 is 0 Å². The van der Waals surface area contributed by atoms with Gasteiger partial charge in [0, 0.05) is 0 Å². The summed E-state index contributed by atoms with van der Waals surface area (Å²) in [6.07, 6.45) is 2.84. The van der Waals surface area contributed by atoms with Crippen molar-refractivity contribution in [1.29, 1.82) is 0 Å². The number of carbonyl (C=O) groups excluding carboxylic acids is 2. The Labute approximate surface area is 88.3 Å². The molecule has 0 spiro atoms. The van der Waals surface area contributed by atoms with Crippen LogP contribution in [0, 0.1) is 0 Å². The molecule has 1 heterocycles. The second-order valence-corrected chi connectivity index (χ2v) is 3.58. The molecular formula is C8H7BrN2O3. The van der Waals surface area contributed by atoms with Crippen LogP contribution in [0.25, 0.3) is 0 Å². The molecule has 1 aromatic heterocycles. The zero-order valence-corrected chi connectivity index (χ0v) is 8.65. The van der Waals surface area contributed by atoms with Gasteiger partial charge in [-0.15, -0.1) is 0 Å². The maximum absolute atomic E-state index is 10.6. The Bertz CT molecular complexity index is 392. The Balaban J connectivity index is 3.07. The van der Waals surface area contributed by atoms with E-state index in [4.69, 9.17) is 5.73 Å². The first-order chi connectivity index (χ1) is 6.49. The van der Waals surface area contributed by atoms with Gasteiger partial charge in [-0.05, 0) is 22.0 Å². The van der Waals surface area contributed by atoms with Crippen molar-refractivity contribution in [2.24, 2.45) is 5.73 Å².